The molecule has 0 fully saturated rings. The van der Waals surface area contributed by atoms with Crippen LogP contribution in [0.25, 0.3) is 0 Å². The Bertz CT molecular complexity index is 148. The van der Waals surface area contributed by atoms with E-state index in [1.54, 1.807) is 6.20 Å². The zero-order chi connectivity index (χ0) is 8.53. The third-order valence-corrected chi connectivity index (χ3v) is 1.17. The first kappa shape index (κ1) is 9.82. The van der Waals surface area contributed by atoms with Gasteiger partial charge in [0.25, 0.3) is 0 Å². The minimum atomic E-state index is 0.737. The van der Waals surface area contributed by atoms with Gasteiger partial charge in [-0.15, -0.1) is 0 Å². The molecule has 0 amide bonds. The lowest BCUT2D eigenvalue weighted by atomic mass is 10.4. The molecule has 0 unspecified atom stereocenters. The molecule has 2 heteroatoms. The summed E-state index contributed by atoms with van der Waals surface area (Å²) in [6, 6.07) is 0. The molecule has 2 N–H and O–H groups in total. The molecular formula is C9H16N2. The number of rotatable bonds is 6. The molecule has 0 aliphatic heterocycles. The van der Waals surface area contributed by atoms with E-state index in [-0.39, 0.29) is 0 Å². The van der Waals surface area contributed by atoms with Crippen molar-refractivity contribution in [2.45, 2.75) is 6.92 Å². The molecule has 0 radical (unpaired) electrons. The quantitative estimate of drug-likeness (QED) is 0.562. The van der Waals surface area contributed by atoms with E-state index in [9.17, 15) is 0 Å². The number of allylic oxidation sites excluding steroid dienone is 1. The summed E-state index contributed by atoms with van der Waals surface area (Å²) in [7, 11) is 0. The van der Waals surface area contributed by atoms with Crippen molar-refractivity contribution in [3.8, 4) is 0 Å². The fourth-order valence-corrected chi connectivity index (χ4v) is 0.579. The van der Waals surface area contributed by atoms with E-state index in [2.05, 4.69) is 23.8 Å². The van der Waals surface area contributed by atoms with Gasteiger partial charge in [0.15, 0.2) is 0 Å². The van der Waals surface area contributed by atoms with Gasteiger partial charge >= 0.3 is 0 Å². The zero-order valence-corrected chi connectivity index (χ0v) is 7.06. The molecule has 0 spiro atoms. The van der Waals surface area contributed by atoms with Crippen LogP contribution in [0.4, 0.5) is 0 Å². The fraction of sp³-hybridized carbons (Fsp3) is 0.333. The van der Waals surface area contributed by atoms with Gasteiger partial charge in [-0.2, -0.15) is 0 Å². The van der Waals surface area contributed by atoms with Crippen LogP contribution in [0.5, 0.6) is 0 Å². The molecule has 0 bridgehead atoms. The van der Waals surface area contributed by atoms with Crippen molar-refractivity contribution < 1.29 is 0 Å². The summed E-state index contributed by atoms with van der Waals surface area (Å²) in [4.78, 5) is 0. The monoisotopic (exact) mass is 152 g/mol. The van der Waals surface area contributed by atoms with E-state index in [1.165, 1.54) is 0 Å². The Hall–Kier alpha value is -1.18. The highest BCUT2D eigenvalue weighted by Crippen LogP contribution is 1.79. The van der Waals surface area contributed by atoms with Gasteiger partial charge in [-0.25, -0.2) is 0 Å². The molecule has 0 atom stereocenters. The van der Waals surface area contributed by atoms with Gasteiger partial charge in [0.05, 0.1) is 6.54 Å². The molecule has 0 saturated heterocycles. The number of hydrogen-bond acceptors (Lipinski definition) is 2. The highest BCUT2D eigenvalue weighted by atomic mass is 14.9. The van der Waals surface area contributed by atoms with Gasteiger partial charge in [0.1, 0.15) is 0 Å². The first-order valence-corrected chi connectivity index (χ1v) is 3.68. The summed E-state index contributed by atoms with van der Waals surface area (Å²) in [5, 5.41) is 6.08. The lowest BCUT2D eigenvalue weighted by Crippen LogP contribution is -2.21. The third kappa shape index (κ3) is 6.71. The topological polar surface area (TPSA) is 24.1 Å². The number of hydrogen-bond donors (Lipinski definition) is 2. The predicted octanol–water partition coefficient (Wildman–Crippen LogP) is 1.40. The van der Waals surface area contributed by atoms with Gasteiger partial charge < -0.3 is 10.6 Å². The van der Waals surface area contributed by atoms with E-state index in [4.69, 9.17) is 0 Å². The van der Waals surface area contributed by atoms with Gasteiger partial charge in [-0.05, 0) is 13.1 Å². The van der Waals surface area contributed by atoms with Crippen molar-refractivity contribution in [3.63, 3.8) is 0 Å². The summed E-state index contributed by atoms with van der Waals surface area (Å²) in [5.41, 5.74) is 0.975. The standard InChI is InChI=1S/C9H16N2/c1-4-6-7-11-9(3)8-10-5-2/h4-6,10-11H,2-3,7-8H2,1H3/b6-4+. The molecule has 0 aliphatic rings. The molecule has 0 heterocycles. The van der Waals surface area contributed by atoms with Crippen molar-refractivity contribution >= 4 is 0 Å². The van der Waals surface area contributed by atoms with Crippen LogP contribution >= 0.6 is 0 Å². The smallest absolute Gasteiger partial charge is 0.0536 e. The summed E-state index contributed by atoms with van der Waals surface area (Å²) in [6.45, 7) is 10.9. The molecule has 62 valence electrons. The summed E-state index contributed by atoms with van der Waals surface area (Å²) >= 11 is 0. The van der Waals surface area contributed by atoms with Crippen molar-refractivity contribution in [1.82, 2.24) is 10.6 Å². The van der Waals surface area contributed by atoms with Gasteiger partial charge in [0, 0.05) is 12.2 Å². The van der Waals surface area contributed by atoms with Gasteiger partial charge in [-0.3, -0.25) is 0 Å². The average Bonchev–Trinajstić information content (AvgIpc) is 2.01. The lowest BCUT2D eigenvalue weighted by molar-refractivity contribution is 0.813. The van der Waals surface area contributed by atoms with Gasteiger partial charge in [-0.1, -0.05) is 25.3 Å². The zero-order valence-electron chi connectivity index (χ0n) is 7.06. The highest BCUT2D eigenvalue weighted by Gasteiger charge is 1.86. The second-order valence-electron chi connectivity index (χ2n) is 2.14. The van der Waals surface area contributed by atoms with Crippen LogP contribution in [-0.2, 0) is 0 Å². The molecule has 11 heavy (non-hydrogen) atoms. The first-order valence-electron chi connectivity index (χ1n) is 3.68. The molecule has 0 aromatic rings. The largest absolute Gasteiger partial charge is 0.386 e. The Labute approximate surface area is 68.7 Å². The van der Waals surface area contributed by atoms with E-state index in [1.807, 2.05) is 19.1 Å². The Morgan fingerprint density at radius 1 is 1.55 bits per heavy atom. The minimum absolute atomic E-state index is 0.737. The second-order valence-corrected chi connectivity index (χ2v) is 2.14. The van der Waals surface area contributed by atoms with Crippen LogP contribution in [0.1, 0.15) is 6.92 Å². The molecule has 0 rings (SSSR count). The molecule has 2 nitrogen and oxygen atoms in total. The third-order valence-electron chi connectivity index (χ3n) is 1.17. The van der Waals surface area contributed by atoms with E-state index in [0.717, 1.165) is 18.8 Å². The van der Waals surface area contributed by atoms with E-state index < -0.39 is 0 Å². The second kappa shape index (κ2) is 6.93. The highest BCUT2D eigenvalue weighted by molar-refractivity contribution is 4.97. The van der Waals surface area contributed by atoms with Crippen LogP contribution in [-0.4, -0.2) is 13.1 Å². The average molecular weight is 152 g/mol. The van der Waals surface area contributed by atoms with Crippen molar-refractivity contribution in [2.24, 2.45) is 0 Å². The van der Waals surface area contributed by atoms with Crippen LogP contribution < -0.4 is 10.6 Å². The maximum Gasteiger partial charge on any atom is 0.0536 e. The Balaban J connectivity index is 3.29. The molecule has 0 aliphatic carbocycles. The van der Waals surface area contributed by atoms with E-state index >= 15 is 0 Å². The Morgan fingerprint density at radius 3 is 2.82 bits per heavy atom. The van der Waals surface area contributed by atoms with Crippen molar-refractivity contribution in [3.05, 3.63) is 37.2 Å². The molecule has 0 saturated carbocycles. The SMILES string of the molecule is C=CNCC(=C)NC/C=C/C. The van der Waals surface area contributed by atoms with Gasteiger partial charge in [0.2, 0.25) is 0 Å². The first-order chi connectivity index (χ1) is 5.31. The Morgan fingerprint density at radius 2 is 2.27 bits per heavy atom. The summed E-state index contributed by atoms with van der Waals surface area (Å²) in [6.07, 6.45) is 5.70. The maximum atomic E-state index is 3.81. The van der Waals surface area contributed by atoms with E-state index in [0.29, 0.717) is 0 Å². The lowest BCUT2D eigenvalue weighted by Gasteiger charge is -2.06. The number of nitrogens with one attached hydrogen (secondary N) is 2. The maximum absolute atomic E-state index is 3.81. The normalized spacial score (nSPS) is 9.55. The molecule has 0 aromatic heterocycles. The summed E-state index contributed by atoms with van der Waals surface area (Å²) < 4.78 is 0. The Kier molecular flexibility index (Phi) is 6.19. The van der Waals surface area contributed by atoms with Crippen LogP contribution in [0, 0.1) is 0 Å². The predicted molar refractivity (Wildman–Crippen MR) is 50.2 cm³/mol. The van der Waals surface area contributed by atoms with Crippen molar-refractivity contribution in [2.75, 3.05) is 13.1 Å². The van der Waals surface area contributed by atoms with Crippen LogP contribution in [0.3, 0.4) is 0 Å². The summed E-state index contributed by atoms with van der Waals surface area (Å²) in [5.74, 6) is 0. The molecular weight excluding hydrogens is 136 g/mol. The van der Waals surface area contributed by atoms with Crippen molar-refractivity contribution in [1.29, 1.82) is 0 Å². The van der Waals surface area contributed by atoms with Crippen LogP contribution in [0.15, 0.2) is 37.2 Å². The fourth-order valence-electron chi connectivity index (χ4n) is 0.579. The molecule has 0 aromatic carbocycles. The van der Waals surface area contributed by atoms with Crippen LogP contribution in [0.2, 0.25) is 0 Å². The minimum Gasteiger partial charge on any atom is -0.386 e.